The quantitative estimate of drug-likeness (QED) is 0.775. The van der Waals surface area contributed by atoms with E-state index in [0.717, 1.165) is 10.7 Å². The molecule has 1 aliphatic rings. The summed E-state index contributed by atoms with van der Waals surface area (Å²) in [6.07, 6.45) is 0.648. The molecular formula is C17H25N7O2S. The van der Waals surface area contributed by atoms with Crippen LogP contribution in [0.5, 0.6) is 0 Å². The third-order valence-corrected chi connectivity index (χ3v) is 5.31. The molecule has 0 bridgehead atoms. The molecule has 0 saturated carbocycles. The summed E-state index contributed by atoms with van der Waals surface area (Å²) in [7, 11) is 0. The predicted molar refractivity (Wildman–Crippen MR) is 104 cm³/mol. The Balaban J connectivity index is 1.59. The highest BCUT2D eigenvalue weighted by atomic mass is 32.1. The number of morpholine rings is 1. The lowest BCUT2D eigenvalue weighted by atomic mass is 9.98. The number of hydrogen-bond acceptors (Lipinski definition) is 9. The maximum atomic E-state index is 12.4. The van der Waals surface area contributed by atoms with E-state index in [1.807, 2.05) is 10.3 Å². The summed E-state index contributed by atoms with van der Waals surface area (Å²) in [6.45, 7) is 9.35. The Kier molecular flexibility index (Phi) is 5.85. The molecule has 1 saturated heterocycles. The van der Waals surface area contributed by atoms with Gasteiger partial charge in [-0.3, -0.25) is 4.79 Å². The van der Waals surface area contributed by atoms with Crippen molar-refractivity contribution >= 4 is 29.1 Å². The molecule has 0 aromatic carbocycles. The summed E-state index contributed by atoms with van der Waals surface area (Å²) >= 11 is 1.64. The number of ether oxygens (including phenoxy) is 1. The molecule has 0 atom stereocenters. The zero-order valence-corrected chi connectivity index (χ0v) is 16.7. The number of nitrogen functional groups attached to an aromatic ring is 1. The summed E-state index contributed by atoms with van der Waals surface area (Å²) in [6, 6.07) is 0. The van der Waals surface area contributed by atoms with E-state index < -0.39 is 0 Å². The fourth-order valence-corrected chi connectivity index (χ4v) is 3.48. The Hall–Kier alpha value is -2.33. The molecule has 3 heterocycles. The number of carbonyl (C=O) groups is 1. The van der Waals surface area contributed by atoms with Crippen LogP contribution in [-0.2, 0) is 16.6 Å². The average molecular weight is 392 g/mol. The lowest BCUT2D eigenvalue weighted by molar-refractivity contribution is 0.0943. The molecule has 0 aliphatic carbocycles. The highest BCUT2D eigenvalue weighted by Crippen LogP contribution is 2.25. The molecule has 3 rings (SSSR count). The van der Waals surface area contributed by atoms with Crippen molar-refractivity contribution in [2.75, 3.05) is 43.5 Å². The molecule has 0 radical (unpaired) electrons. The van der Waals surface area contributed by atoms with Crippen LogP contribution in [-0.4, -0.2) is 58.7 Å². The van der Waals surface area contributed by atoms with Crippen molar-refractivity contribution in [2.45, 2.75) is 32.6 Å². The van der Waals surface area contributed by atoms with Crippen LogP contribution < -0.4 is 16.0 Å². The fourth-order valence-electron chi connectivity index (χ4n) is 2.54. The molecule has 0 unspecified atom stereocenters. The lowest BCUT2D eigenvalue weighted by Crippen LogP contribution is -2.38. The van der Waals surface area contributed by atoms with Gasteiger partial charge in [0, 0.05) is 36.9 Å². The number of rotatable bonds is 5. The molecule has 2 aromatic heterocycles. The van der Waals surface area contributed by atoms with E-state index in [4.69, 9.17) is 10.5 Å². The minimum Gasteiger partial charge on any atom is -0.378 e. The van der Waals surface area contributed by atoms with Crippen molar-refractivity contribution in [1.82, 2.24) is 25.3 Å². The predicted octanol–water partition coefficient (Wildman–Crippen LogP) is 1.02. The minimum absolute atomic E-state index is 0.0256. The first-order valence-electron chi connectivity index (χ1n) is 8.90. The molecule has 1 amide bonds. The van der Waals surface area contributed by atoms with Gasteiger partial charge in [0.05, 0.1) is 23.9 Å². The summed E-state index contributed by atoms with van der Waals surface area (Å²) in [4.78, 5) is 31.3. The van der Waals surface area contributed by atoms with Crippen LogP contribution >= 0.6 is 11.3 Å². The van der Waals surface area contributed by atoms with Gasteiger partial charge < -0.3 is 20.7 Å². The summed E-state index contributed by atoms with van der Waals surface area (Å²) < 4.78 is 5.32. The van der Waals surface area contributed by atoms with Crippen LogP contribution in [0.1, 0.15) is 42.1 Å². The lowest BCUT2D eigenvalue weighted by Gasteiger charge is -2.26. The molecule has 0 spiro atoms. The molecule has 9 nitrogen and oxygen atoms in total. The Morgan fingerprint density at radius 3 is 2.67 bits per heavy atom. The van der Waals surface area contributed by atoms with Crippen LogP contribution in [0.3, 0.4) is 0 Å². The molecule has 146 valence electrons. The molecule has 2 aromatic rings. The van der Waals surface area contributed by atoms with E-state index in [-0.39, 0.29) is 23.1 Å². The summed E-state index contributed by atoms with van der Waals surface area (Å²) in [5.74, 6) is 0.0961. The smallest absolute Gasteiger partial charge is 0.289 e. The fraction of sp³-hybridized carbons (Fsp3) is 0.588. The highest BCUT2D eigenvalue weighted by Gasteiger charge is 2.20. The molecule has 1 aliphatic heterocycles. The maximum Gasteiger partial charge on any atom is 0.289 e. The van der Waals surface area contributed by atoms with Gasteiger partial charge in [-0.05, 0) is 0 Å². The van der Waals surface area contributed by atoms with Gasteiger partial charge in [0.25, 0.3) is 5.91 Å². The van der Waals surface area contributed by atoms with Crippen molar-refractivity contribution in [3.8, 4) is 0 Å². The van der Waals surface area contributed by atoms with E-state index in [1.54, 1.807) is 11.3 Å². The van der Waals surface area contributed by atoms with Crippen LogP contribution in [0, 0.1) is 0 Å². The second kappa shape index (κ2) is 8.13. The first-order valence-corrected chi connectivity index (χ1v) is 9.78. The van der Waals surface area contributed by atoms with Crippen LogP contribution in [0.2, 0.25) is 0 Å². The monoisotopic (exact) mass is 391 g/mol. The Labute approximate surface area is 162 Å². The zero-order valence-electron chi connectivity index (χ0n) is 15.9. The number of anilines is 2. The molecule has 10 heteroatoms. The van der Waals surface area contributed by atoms with E-state index in [9.17, 15) is 4.79 Å². The number of amides is 1. The van der Waals surface area contributed by atoms with Gasteiger partial charge in [-0.1, -0.05) is 20.8 Å². The number of aromatic nitrogens is 4. The van der Waals surface area contributed by atoms with Crippen molar-refractivity contribution in [3.05, 3.63) is 21.9 Å². The molecular weight excluding hydrogens is 366 g/mol. The first kappa shape index (κ1) is 19.4. The molecule has 3 N–H and O–H groups in total. The first-order chi connectivity index (χ1) is 12.8. The van der Waals surface area contributed by atoms with E-state index >= 15 is 0 Å². The number of thiazole rings is 1. The number of nitrogens with two attached hydrogens (primary N) is 1. The van der Waals surface area contributed by atoms with Gasteiger partial charge >= 0.3 is 0 Å². The van der Waals surface area contributed by atoms with Crippen molar-refractivity contribution in [3.63, 3.8) is 0 Å². The molecule has 27 heavy (non-hydrogen) atoms. The van der Waals surface area contributed by atoms with Gasteiger partial charge in [-0.2, -0.15) is 15.0 Å². The van der Waals surface area contributed by atoms with Gasteiger partial charge in [-0.15, -0.1) is 11.3 Å². The normalized spacial score (nSPS) is 15.0. The number of nitrogens with one attached hydrogen (secondary N) is 1. The SMILES string of the molecule is CC(C)(C)c1nc(CCNC(=O)c2nc(N)nc(N3CCOCC3)n2)cs1. The van der Waals surface area contributed by atoms with Crippen LogP contribution in [0.4, 0.5) is 11.9 Å². The Morgan fingerprint density at radius 2 is 2.00 bits per heavy atom. The van der Waals surface area contributed by atoms with Gasteiger partial charge in [0.2, 0.25) is 17.7 Å². The molecule has 1 fully saturated rings. The zero-order chi connectivity index (χ0) is 19.4. The second-order valence-electron chi connectivity index (χ2n) is 7.32. The largest absolute Gasteiger partial charge is 0.378 e. The Bertz CT molecular complexity index is 797. The maximum absolute atomic E-state index is 12.4. The summed E-state index contributed by atoms with van der Waals surface area (Å²) in [5.41, 5.74) is 6.76. The highest BCUT2D eigenvalue weighted by molar-refractivity contribution is 7.09. The standard InChI is InChI=1S/C17H25N7O2S/c1-17(2,3)14-20-11(10-27-14)4-5-19-13(25)12-21-15(18)23-16(22-12)24-6-8-26-9-7-24/h10H,4-9H2,1-3H3,(H,19,25)(H2,18,21,22,23). The number of nitrogens with zero attached hydrogens (tertiary/aromatic N) is 5. The van der Waals surface area contributed by atoms with E-state index in [2.05, 4.69) is 46.0 Å². The third kappa shape index (κ3) is 5.10. The van der Waals surface area contributed by atoms with Crippen LogP contribution in [0.25, 0.3) is 0 Å². The minimum atomic E-state index is -0.370. The average Bonchev–Trinajstić information content (AvgIpc) is 3.11. The third-order valence-electron chi connectivity index (χ3n) is 4.00. The number of hydrogen-bond donors (Lipinski definition) is 2. The van der Waals surface area contributed by atoms with Crippen molar-refractivity contribution in [2.24, 2.45) is 0 Å². The van der Waals surface area contributed by atoms with Gasteiger partial charge in [-0.25, -0.2) is 4.98 Å². The topological polar surface area (TPSA) is 119 Å². The van der Waals surface area contributed by atoms with Gasteiger partial charge in [0.15, 0.2) is 0 Å². The van der Waals surface area contributed by atoms with Crippen molar-refractivity contribution < 1.29 is 9.53 Å². The number of carbonyl (C=O) groups excluding carboxylic acids is 1. The van der Waals surface area contributed by atoms with E-state index in [0.29, 0.717) is 45.2 Å². The second-order valence-corrected chi connectivity index (χ2v) is 8.17. The van der Waals surface area contributed by atoms with Crippen LogP contribution in [0.15, 0.2) is 5.38 Å². The summed E-state index contributed by atoms with van der Waals surface area (Å²) in [5, 5.41) is 5.95. The van der Waals surface area contributed by atoms with E-state index in [1.165, 1.54) is 0 Å². The van der Waals surface area contributed by atoms with Crippen molar-refractivity contribution in [1.29, 1.82) is 0 Å². The Morgan fingerprint density at radius 1 is 1.26 bits per heavy atom. The van der Waals surface area contributed by atoms with Gasteiger partial charge in [0.1, 0.15) is 0 Å².